The van der Waals surface area contributed by atoms with Gasteiger partial charge in [-0.3, -0.25) is 0 Å². The van der Waals surface area contributed by atoms with Crippen LogP contribution in [0.25, 0.3) is 10.9 Å². The Bertz CT molecular complexity index is 561. The minimum atomic E-state index is 0.178. The SMILES string of the molecule is CC(N)Cc1cccc2c1ccn2CCCC#N. The summed E-state index contributed by atoms with van der Waals surface area (Å²) in [4.78, 5) is 0. The van der Waals surface area contributed by atoms with E-state index in [0.717, 1.165) is 19.4 Å². The van der Waals surface area contributed by atoms with Crippen molar-refractivity contribution in [3.63, 3.8) is 0 Å². The number of aryl methyl sites for hydroxylation is 1. The number of unbranched alkanes of at least 4 members (excludes halogenated alkanes) is 1. The third kappa shape index (κ3) is 2.72. The van der Waals surface area contributed by atoms with E-state index in [1.165, 1.54) is 16.5 Å². The molecule has 1 aromatic carbocycles. The van der Waals surface area contributed by atoms with Crippen LogP contribution in [-0.2, 0) is 13.0 Å². The van der Waals surface area contributed by atoms with Crippen molar-refractivity contribution in [3.05, 3.63) is 36.0 Å². The predicted molar refractivity (Wildman–Crippen MR) is 74.1 cm³/mol. The molecule has 0 aliphatic rings. The maximum Gasteiger partial charge on any atom is 0.0622 e. The molecule has 0 amide bonds. The van der Waals surface area contributed by atoms with Gasteiger partial charge in [-0.25, -0.2) is 0 Å². The van der Waals surface area contributed by atoms with Crippen molar-refractivity contribution in [1.29, 1.82) is 5.26 Å². The van der Waals surface area contributed by atoms with Crippen LogP contribution in [-0.4, -0.2) is 10.6 Å². The molecule has 2 N–H and O–H groups in total. The number of rotatable bonds is 5. The molecular formula is C15H19N3. The second-order valence-electron chi connectivity index (χ2n) is 4.80. The maximum absolute atomic E-state index is 8.58. The second kappa shape index (κ2) is 5.70. The highest BCUT2D eigenvalue weighted by molar-refractivity contribution is 5.83. The minimum Gasteiger partial charge on any atom is -0.347 e. The lowest BCUT2D eigenvalue weighted by Gasteiger charge is -2.08. The number of hydrogen-bond donors (Lipinski definition) is 1. The van der Waals surface area contributed by atoms with Crippen LogP contribution in [0, 0.1) is 11.3 Å². The van der Waals surface area contributed by atoms with E-state index in [1.807, 2.05) is 6.92 Å². The molecule has 1 unspecified atom stereocenters. The van der Waals surface area contributed by atoms with Crippen LogP contribution in [0.3, 0.4) is 0 Å². The molecule has 2 aromatic rings. The first-order chi connectivity index (χ1) is 8.72. The summed E-state index contributed by atoms with van der Waals surface area (Å²) in [7, 11) is 0. The van der Waals surface area contributed by atoms with Gasteiger partial charge in [-0.05, 0) is 37.5 Å². The number of fused-ring (bicyclic) bond motifs is 1. The third-order valence-electron chi connectivity index (χ3n) is 3.13. The molecule has 3 heteroatoms. The fraction of sp³-hybridized carbons (Fsp3) is 0.400. The van der Waals surface area contributed by atoms with Crippen LogP contribution in [0.5, 0.6) is 0 Å². The highest BCUT2D eigenvalue weighted by atomic mass is 14.9. The summed E-state index contributed by atoms with van der Waals surface area (Å²) in [6, 6.07) is 10.9. The zero-order valence-electron chi connectivity index (χ0n) is 10.8. The van der Waals surface area contributed by atoms with Crippen LogP contribution in [0.1, 0.15) is 25.3 Å². The topological polar surface area (TPSA) is 54.7 Å². The van der Waals surface area contributed by atoms with Gasteiger partial charge in [-0.2, -0.15) is 5.26 Å². The van der Waals surface area contributed by atoms with E-state index in [0.29, 0.717) is 6.42 Å². The first kappa shape index (κ1) is 12.7. The average Bonchev–Trinajstić information content (AvgIpc) is 2.74. The first-order valence-corrected chi connectivity index (χ1v) is 6.41. The van der Waals surface area contributed by atoms with Gasteiger partial charge in [-0.15, -0.1) is 0 Å². The zero-order valence-corrected chi connectivity index (χ0v) is 10.8. The summed E-state index contributed by atoms with van der Waals surface area (Å²) in [5.74, 6) is 0. The summed E-state index contributed by atoms with van der Waals surface area (Å²) in [5, 5.41) is 9.86. The van der Waals surface area contributed by atoms with Crippen LogP contribution in [0.2, 0.25) is 0 Å². The minimum absolute atomic E-state index is 0.178. The zero-order chi connectivity index (χ0) is 13.0. The number of nitriles is 1. The van der Waals surface area contributed by atoms with Gasteiger partial charge in [0, 0.05) is 36.1 Å². The Morgan fingerprint density at radius 1 is 1.39 bits per heavy atom. The predicted octanol–water partition coefficient (Wildman–Crippen LogP) is 2.83. The van der Waals surface area contributed by atoms with Gasteiger partial charge < -0.3 is 10.3 Å². The van der Waals surface area contributed by atoms with E-state index in [1.54, 1.807) is 0 Å². The molecule has 0 saturated carbocycles. The van der Waals surface area contributed by atoms with Gasteiger partial charge in [0.05, 0.1) is 6.07 Å². The Morgan fingerprint density at radius 3 is 2.94 bits per heavy atom. The van der Waals surface area contributed by atoms with Crippen molar-refractivity contribution >= 4 is 10.9 Å². The molecule has 0 spiro atoms. The van der Waals surface area contributed by atoms with Crippen LogP contribution in [0.15, 0.2) is 30.5 Å². The normalized spacial score (nSPS) is 12.5. The Labute approximate surface area is 108 Å². The molecule has 3 nitrogen and oxygen atoms in total. The fourth-order valence-corrected chi connectivity index (χ4v) is 2.34. The molecule has 0 fully saturated rings. The lowest BCUT2D eigenvalue weighted by Crippen LogP contribution is -2.17. The molecule has 1 atom stereocenters. The van der Waals surface area contributed by atoms with E-state index in [-0.39, 0.29) is 6.04 Å². The van der Waals surface area contributed by atoms with Crippen molar-refractivity contribution in [2.24, 2.45) is 5.73 Å². The molecule has 1 heterocycles. The van der Waals surface area contributed by atoms with Crippen LogP contribution in [0.4, 0.5) is 0 Å². The standard InChI is InChI=1S/C15H19N3/c1-12(17)11-13-5-4-6-15-14(13)7-10-18(15)9-3-2-8-16/h4-7,10,12H,2-3,9,11,17H2,1H3. The highest BCUT2D eigenvalue weighted by Gasteiger charge is 2.06. The van der Waals surface area contributed by atoms with E-state index >= 15 is 0 Å². The largest absolute Gasteiger partial charge is 0.347 e. The van der Waals surface area contributed by atoms with Crippen molar-refractivity contribution in [1.82, 2.24) is 4.57 Å². The molecule has 0 bridgehead atoms. The monoisotopic (exact) mass is 241 g/mol. The van der Waals surface area contributed by atoms with Crippen molar-refractivity contribution in [2.45, 2.75) is 38.8 Å². The molecule has 18 heavy (non-hydrogen) atoms. The second-order valence-corrected chi connectivity index (χ2v) is 4.80. The number of nitrogens with two attached hydrogens (primary N) is 1. The number of hydrogen-bond acceptors (Lipinski definition) is 2. The van der Waals surface area contributed by atoms with Crippen LogP contribution < -0.4 is 5.73 Å². The number of nitrogens with zero attached hydrogens (tertiary/aromatic N) is 2. The fourth-order valence-electron chi connectivity index (χ4n) is 2.34. The van der Waals surface area contributed by atoms with E-state index in [2.05, 4.69) is 41.1 Å². The molecule has 0 aliphatic carbocycles. The molecule has 2 rings (SSSR count). The molecule has 0 saturated heterocycles. The van der Waals surface area contributed by atoms with Gasteiger partial charge in [0.1, 0.15) is 0 Å². The highest BCUT2D eigenvalue weighted by Crippen LogP contribution is 2.21. The Morgan fingerprint density at radius 2 is 2.22 bits per heavy atom. The maximum atomic E-state index is 8.58. The van der Waals surface area contributed by atoms with Crippen molar-refractivity contribution < 1.29 is 0 Å². The molecule has 1 aromatic heterocycles. The van der Waals surface area contributed by atoms with Crippen molar-refractivity contribution in [3.8, 4) is 6.07 Å². The summed E-state index contributed by atoms with van der Waals surface area (Å²) < 4.78 is 2.22. The number of aromatic nitrogens is 1. The molecular weight excluding hydrogens is 222 g/mol. The lowest BCUT2D eigenvalue weighted by atomic mass is 10.0. The van der Waals surface area contributed by atoms with Gasteiger partial charge in [0.2, 0.25) is 0 Å². The molecule has 94 valence electrons. The van der Waals surface area contributed by atoms with Crippen LogP contribution >= 0.6 is 0 Å². The Hall–Kier alpha value is -1.79. The quantitative estimate of drug-likeness (QED) is 0.818. The third-order valence-corrected chi connectivity index (χ3v) is 3.13. The Kier molecular flexibility index (Phi) is 4.01. The lowest BCUT2D eigenvalue weighted by molar-refractivity contribution is 0.674. The number of benzene rings is 1. The molecule has 0 aliphatic heterocycles. The smallest absolute Gasteiger partial charge is 0.0622 e. The van der Waals surface area contributed by atoms with Gasteiger partial charge in [0.15, 0.2) is 0 Å². The first-order valence-electron chi connectivity index (χ1n) is 6.41. The van der Waals surface area contributed by atoms with E-state index < -0.39 is 0 Å². The van der Waals surface area contributed by atoms with Gasteiger partial charge in [-0.1, -0.05) is 12.1 Å². The Balaban J connectivity index is 2.27. The van der Waals surface area contributed by atoms with E-state index in [9.17, 15) is 0 Å². The van der Waals surface area contributed by atoms with E-state index in [4.69, 9.17) is 11.0 Å². The summed E-state index contributed by atoms with van der Waals surface area (Å²) >= 11 is 0. The van der Waals surface area contributed by atoms with Gasteiger partial charge >= 0.3 is 0 Å². The molecule has 0 radical (unpaired) electrons. The summed E-state index contributed by atoms with van der Waals surface area (Å²) in [5.41, 5.74) is 8.43. The average molecular weight is 241 g/mol. The van der Waals surface area contributed by atoms with Crippen molar-refractivity contribution in [2.75, 3.05) is 0 Å². The van der Waals surface area contributed by atoms with Gasteiger partial charge in [0.25, 0.3) is 0 Å². The summed E-state index contributed by atoms with van der Waals surface area (Å²) in [6.07, 6.45) is 4.52. The summed E-state index contributed by atoms with van der Waals surface area (Å²) in [6.45, 7) is 2.93.